The van der Waals surface area contributed by atoms with Gasteiger partial charge in [0.15, 0.2) is 0 Å². The molecule has 0 bridgehead atoms. The smallest absolute Gasteiger partial charge is 0.252 e. The van der Waals surface area contributed by atoms with Crippen molar-refractivity contribution in [2.24, 2.45) is 17.8 Å². The number of allylic oxidation sites excluding steroid dienone is 9. The average Bonchev–Trinajstić information content (AvgIpc) is 2.84. The topological polar surface area (TPSA) is 42.0 Å². The summed E-state index contributed by atoms with van der Waals surface area (Å²) in [5.41, 5.74) is 0.711. The predicted octanol–water partition coefficient (Wildman–Crippen LogP) is 5.28. The van der Waals surface area contributed by atoms with Gasteiger partial charge in [0.05, 0.1) is 12.4 Å². The molecule has 5 nitrogen and oxygen atoms in total. The fraction of sp³-hybridized carbons (Fsp3) is 0.483. The molecular formula is C29H42N2O3. The van der Waals surface area contributed by atoms with Crippen LogP contribution in [-0.2, 0) is 14.3 Å². The number of hydrogen-bond acceptors (Lipinski definition) is 4. The minimum absolute atomic E-state index is 0.0410. The van der Waals surface area contributed by atoms with Crippen LogP contribution in [-0.4, -0.2) is 62.2 Å². The maximum Gasteiger partial charge on any atom is 0.252 e. The molecule has 5 heteroatoms. The maximum absolute atomic E-state index is 12.6. The van der Waals surface area contributed by atoms with E-state index >= 15 is 0 Å². The van der Waals surface area contributed by atoms with Crippen molar-refractivity contribution in [2.45, 2.75) is 26.7 Å². The van der Waals surface area contributed by atoms with Crippen molar-refractivity contribution < 1.29 is 14.3 Å². The van der Waals surface area contributed by atoms with Gasteiger partial charge in [-0.2, -0.15) is 0 Å². The molecule has 2 atom stereocenters. The summed E-state index contributed by atoms with van der Waals surface area (Å²) in [6.45, 7) is 16.5. The Morgan fingerprint density at radius 2 is 1.91 bits per heavy atom. The van der Waals surface area contributed by atoms with Gasteiger partial charge in [-0.3, -0.25) is 9.69 Å². The molecule has 1 saturated heterocycles. The van der Waals surface area contributed by atoms with Crippen LogP contribution in [0.15, 0.2) is 85.4 Å². The third-order valence-electron chi connectivity index (χ3n) is 6.26. The third kappa shape index (κ3) is 8.96. The molecule has 0 aromatic rings. The molecule has 0 radical (unpaired) electrons. The van der Waals surface area contributed by atoms with Gasteiger partial charge < -0.3 is 14.4 Å². The van der Waals surface area contributed by atoms with E-state index in [4.69, 9.17) is 9.47 Å². The predicted molar refractivity (Wildman–Crippen MR) is 141 cm³/mol. The molecule has 2 aliphatic rings. The van der Waals surface area contributed by atoms with Gasteiger partial charge in [0.2, 0.25) is 0 Å². The van der Waals surface area contributed by atoms with Crippen molar-refractivity contribution in [1.82, 2.24) is 9.80 Å². The Labute approximate surface area is 206 Å². The van der Waals surface area contributed by atoms with Gasteiger partial charge in [-0.15, -0.1) is 0 Å². The molecular weight excluding hydrogens is 424 g/mol. The Hall–Kier alpha value is -2.63. The zero-order valence-electron chi connectivity index (χ0n) is 21.2. The number of carbonyl (C=O) groups excluding carboxylic acids is 1. The fourth-order valence-corrected chi connectivity index (χ4v) is 4.34. The summed E-state index contributed by atoms with van der Waals surface area (Å²) in [4.78, 5) is 16.9. The number of ether oxygens (including phenoxy) is 2. The number of amides is 1. The van der Waals surface area contributed by atoms with E-state index in [2.05, 4.69) is 54.5 Å². The second kappa shape index (κ2) is 15.3. The molecule has 0 N–H and O–H groups in total. The number of hydrogen-bond donors (Lipinski definition) is 0. The highest BCUT2D eigenvalue weighted by atomic mass is 16.5. The molecule has 1 aliphatic carbocycles. The van der Waals surface area contributed by atoms with Gasteiger partial charge >= 0.3 is 0 Å². The second-order valence-corrected chi connectivity index (χ2v) is 8.76. The lowest BCUT2D eigenvalue weighted by molar-refractivity contribution is -0.133. The van der Waals surface area contributed by atoms with E-state index in [0.29, 0.717) is 24.8 Å². The zero-order valence-corrected chi connectivity index (χ0v) is 21.2. The molecule has 0 aromatic carbocycles. The van der Waals surface area contributed by atoms with Gasteiger partial charge in [-0.05, 0) is 51.8 Å². The highest BCUT2D eigenvalue weighted by Gasteiger charge is 2.25. The van der Waals surface area contributed by atoms with Crippen LogP contribution in [0.25, 0.3) is 0 Å². The quantitative estimate of drug-likeness (QED) is 0.210. The number of likely N-dealkylation sites (tertiary alicyclic amines) is 1. The Bertz CT molecular complexity index is 813. The normalized spacial score (nSPS) is 21.6. The Morgan fingerprint density at radius 1 is 1.18 bits per heavy atom. The monoisotopic (exact) mass is 466 g/mol. The summed E-state index contributed by atoms with van der Waals surface area (Å²) in [6, 6.07) is 0. The molecule has 1 heterocycles. The van der Waals surface area contributed by atoms with Crippen molar-refractivity contribution in [3.05, 3.63) is 85.4 Å². The molecule has 2 unspecified atom stereocenters. The van der Waals surface area contributed by atoms with E-state index in [0.717, 1.165) is 38.2 Å². The van der Waals surface area contributed by atoms with Crippen LogP contribution >= 0.6 is 0 Å². The van der Waals surface area contributed by atoms with Crippen LogP contribution in [0.3, 0.4) is 0 Å². The van der Waals surface area contributed by atoms with Gasteiger partial charge in [-0.25, -0.2) is 0 Å². The SMILES string of the molecule is C=C(OCC)C1C=CC=CC1/C=C/CN1CCC(CN(C(=C)/C=C\C=C/C)C(=O)COC)CC1. The van der Waals surface area contributed by atoms with Crippen LogP contribution in [0.1, 0.15) is 26.7 Å². The largest absolute Gasteiger partial charge is 0.498 e. The minimum atomic E-state index is -0.0410. The van der Waals surface area contributed by atoms with E-state index in [1.54, 1.807) is 12.0 Å². The van der Waals surface area contributed by atoms with Crippen molar-refractivity contribution in [3.63, 3.8) is 0 Å². The Morgan fingerprint density at radius 3 is 2.59 bits per heavy atom. The number of nitrogens with zero attached hydrogens (tertiary/aromatic N) is 2. The van der Waals surface area contributed by atoms with Crippen LogP contribution in [0.4, 0.5) is 0 Å². The Balaban J connectivity index is 1.85. The first-order valence-electron chi connectivity index (χ1n) is 12.3. The van der Waals surface area contributed by atoms with Crippen molar-refractivity contribution in [2.75, 3.05) is 46.5 Å². The molecule has 2 rings (SSSR count). The van der Waals surface area contributed by atoms with Crippen molar-refractivity contribution in [1.29, 1.82) is 0 Å². The summed E-state index contributed by atoms with van der Waals surface area (Å²) in [5, 5.41) is 0. The molecule has 1 aliphatic heterocycles. The van der Waals surface area contributed by atoms with E-state index < -0.39 is 0 Å². The average molecular weight is 467 g/mol. The zero-order chi connectivity index (χ0) is 24.8. The summed E-state index contributed by atoms with van der Waals surface area (Å²) >= 11 is 0. The summed E-state index contributed by atoms with van der Waals surface area (Å²) in [6.07, 6.45) is 22.9. The first kappa shape index (κ1) is 27.6. The molecule has 34 heavy (non-hydrogen) atoms. The lowest BCUT2D eigenvalue weighted by atomic mass is 9.87. The lowest BCUT2D eigenvalue weighted by Crippen LogP contribution is -2.41. The number of methoxy groups -OCH3 is 1. The fourth-order valence-electron chi connectivity index (χ4n) is 4.34. The van der Waals surface area contributed by atoms with Crippen LogP contribution in [0, 0.1) is 17.8 Å². The minimum Gasteiger partial charge on any atom is -0.498 e. The van der Waals surface area contributed by atoms with Crippen molar-refractivity contribution in [3.8, 4) is 0 Å². The summed E-state index contributed by atoms with van der Waals surface area (Å²) in [7, 11) is 1.55. The van der Waals surface area contributed by atoms with E-state index in [-0.39, 0.29) is 24.3 Å². The first-order chi connectivity index (χ1) is 16.5. The van der Waals surface area contributed by atoms with E-state index in [1.165, 1.54) is 0 Å². The number of piperidine rings is 1. The molecule has 1 amide bonds. The number of rotatable bonds is 13. The van der Waals surface area contributed by atoms with Gasteiger partial charge in [0.25, 0.3) is 5.91 Å². The molecule has 0 saturated carbocycles. The Kier molecular flexibility index (Phi) is 12.4. The van der Waals surface area contributed by atoms with E-state index in [1.807, 2.05) is 38.2 Å². The lowest BCUT2D eigenvalue weighted by Gasteiger charge is -2.34. The van der Waals surface area contributed by atoms with E-state index in [9.17, 15) is 4.79 Å². The van der Waals surface area contributed by atoms with Crippen molar-refractivity contribution >= 4 is 5.91 Å². The number of carbonyl (C=O) groups is 1. The second-order valence-electron chi connectivity index (χ2n) is 8.76. The molecule has 1 fully saturated rings. The molecule has 0 spiro atoms. The summed E-state index contributed by atoms with van der Waals surface area (Å²) in [5.74, 6) is 1.72. The highest BCUT2D eigenvalue weighted by molar-refractivity contribution is 5.79. The van der Waals surface area contributed by atoms with Gasteiger partial charge in [0, 0.05) is 37.7 Å². The summed E-state index contributed by atoms with van der Waals surface area (Å²) < 4.78 is 10.7. The van der Waals surface area contributed by atoms with Gasteiger partial charge in [-0.1, -0.05) is 67.8 Å². The third-order valence-corrected chi connectivity index (χ3v) is 6.26. The van der Waals surface area contributed by atoms with Crippen LogP contribution in [0.2, 0.25) is 0 Å². The highest BCUT2D eigenvalue weighted by Crippen LogP contribution is 2.28. The molecule has 0 aromatic heterocycles. The van der Waals surface area contributed by atoms with Crippen LogP contribution < -0.4 is 0 Å². The molecule has 186 valence electrons. The van der Waals surface area contributed by atoms with Gasteiger partial charge in [0.1, 0.15) is 6.61 Å². The first-order valence-corrected chi connectivity index (χ1v) is 12.3. The maximum atomic E-state index is 12.6. The standard InChI is InChI=1S/C29H42N2O3/c1-6-8-9-13-24(3)31(29(32)23-33-5)22-26-17-20-30(21-18-26)19-12-15-27-14-10-11-16-28(27)25(4)34-7-2/h6,8-16,26-28H,3-4,7,17-23H2,1-2,5H3/b8-6-,13-9-,15-12+. The van der Waals surface area contributed by atoms with Crippen LogP contribution in [0.5, 0.6) is 0 Å².